The molecule has 3 aromatic rings. The first-order chi connectivity index (χ1) is 12.3. The van der Waals surface area contributed by atoms with Crippen LogP contribution >= 0.6 is 11.6 Å². The molecule has 0 aromatic carbocycles. The van der Waals surface area contributed by atoms with E-state index >= 15 is 0 Å². The van der Waals surface area contributed by atoms with Crippen molar-refractivity contribution < 1.29 is 4.74 Å². The number of aromatic nitrogens is 4. The van der Waals surface area contributed by atoms with Crippen LogP contribution in [0.1, 0.15) is 23.6 Å². The fourth-order valence-corrected chi connectivity index (χ4v) is 3.11. The summed E-state index contributed by atoms with van der Waals surface area (Å²) in [5, 5.41) is 5.33. The summed E-state index contributed by atoms with van der Waals surface area (Å²) >= 11 is 6.13. The van der Waals surface area contributed by atoms with E-state index in [1.807, 2.05) is 53.3 Å². The minimum Gasteiger partial charge on any atom is -0.476 e. The average molecular weight is 353 g/mol. The first-order valence-electron chi connectivity index (χ1n) is 8.20. The number of ether oxygens (including phenoxy) is 1. The van der Waals surface area contributed by atoms with E-state index in [9.17, 15) is 0 Å². The zero-order valence-corrected chi connectivity index (χ0v) is 14.3. The van der Waals surface area contributed by atoms with Crippen molar-refractivity contribution >= 4 is 17.2 Å². The molecule has 1 aliphatic rings. The molecule has 1 atom stereocenters. The van der Waals surface area contributed by atoms with Crippen molar-refractivity contribution in [3.8, 4) is 5.88 Å². The lowest BCUT2D eigenvalue weighted by atomic mass is 9.98. The minimum atomic E-state index is 0.172. The molecular formula is C19H17ClN4O. The number of hydrogen-bond acceptors (Lipinski definition) is 4. The summed E-state index contributed by atoms with van der Waals surface area (Å²) in [4.78, 5) is 8.54. The predicted octanol–water partition coefficient (Wildman–Crippen LogP) is 3.91. The van der Waals surface area contributed by atoms with Crippen molar-refractivity contribution in [2.75, 3.05) is 6.61 Å². The number of nitrogens with zero attached hydrogens (tertiary/aromatic N) is 4. The summed E-state index contributed by atoms with van der Waals surface area (Å²) in [6.45, 7) is 0.548. The summed E-state index contributed by atoms with van der Waals surface area (Å²) in [7, 11) is 0. The summed E-state index contributed by atoms with van der Waals surface area (Å²) in [6.07, 6.45) is 13.2. The van der Waals surface area contributed by atoms with Gasteiger partial charge in [-0.05, 0) is 30.2 Å². The van der Waals surface area contributed by atoms with Crippen LogP contribution < -0.4 is 4.74 Å². The number of hydrogen-bond donors (Lipinski definition) is 0. The Hall–Kier alpha value is -2.66. The van der Waals surface area contributed by atoms with Crippen molar-refractivity contribution in [1.29, 1.82) is 0 Å². The smallest absolute Gasteiger partial charge is 0.231 e. The van der Waals surface area contributed by atoms with Gasteiger partial charge in [0.1, 0.15) is 0 Å². The van der Waals surface area contributed by atoms with E-state index in [0.29, 0.717) is 12.5 Å². The van der Waals surface area contributed by atoms with Crippen molar-refractivity contribution in [3.05, 3.63) is 77.4 Å². The van der Waals surface area contributed by atoms with Gasteiger partial charge < -0.3 is 4.74 Å². The summed E-state index contributed by atoms with van der Waals surface area (Å²) in [5.41, 5.74) is 2.95. The highest BCUT2D eigenvalue weighted by Gasteiger charge is 2.17. The van der Waals surface area contributed by atoms with Gasteiger partial charge in [-0.25, -0.2) is 9.50 Å². The van der Waals surface area contributed by atoms with Crippen LogP contribution in [-0.4, -0.2) is 26.2 Å². The Morgan fingerprint density at radius 2 is 2.20 bits per heavy atom. The van der Waals surface area contributed by atoms with Gasteiger partial charge in [0.15, 0.2) is 5.65 Å². The molecule has 3 heterocycles. The highest BCUT2D eigenvalue weighted by atomic mass is 35.5. The van der Waals surface area contributed by atoms with Crippen LogP contribution in [0.4, 0.5) is 0 Å². The molecule has 5 nitrogen and oxygen atoms in total. The highest BCUT2D eigenvalue weighted by Crippen LogP contribution is 2.29. The third-order valence-electron chi connectivity index (χ3n) is 4.14. The second kappa shape index (κ2) is 7.07. The number of halogens is 1. The Morgan fingerprint density at radius 1 is 1.24 bits per heavy atom. The fraction of sp³-hybridized carbons (Fsp3) is 0.211. The SMILES string of the molecule is ClC1=CC(c2cnc3ccc(OCCc4cccnc4)nn23)CC=C1. The van der Waals surface area contributed by atoms with Gasteiger partial charge in [0, 0.05) is 35.8 Å². The van der Waals surface area contributed by atoms with Crippen LogP contribution in [-0.2, 0) is 6.42 Å². The molecule has 25 heavy (non-hydrogen) atoms. The van der Waals surface area contributed by atoms with Crippen LogP contribution in [0.3, 0.4) is 0 Å². The molecule has 0 spiro atoms. The molecule has 0 bridgehead atoms. The van der Waals surface area contributed by atoms with E-state index in [-0.39, 0.29) is 5.92 Å². The molecule has 4 rings (SSSR count). The largest absolute Gasteiger partial charge is 0.476 e. The maximum absolute atomic E-state index is 6.13. The van der Waals surface area contributed by atoms with Gasteiger partial charge in [0.25, 0.3) is 0 Å². The zero-order chi connectivity index (χ0) is 17.1. The molecule has 0 aliphatic heterocycles. The molecule has 0 saturated heterocycles. The first-order valence-corrected chi connectivity index (χ1v) is 8.57. The Labute approximate surface area is 150 Å². The van der Waals surface area contributed by atoms with Crippen LogP contribution in [0.2, 0.25) is 0 Å². The topological polar surface area (TPSA) is 52.3 Å². The molecule has 1 aliphatic carbocycles. The van der Waals surface area contributed by atoms with E-state index in [4.69, 9.17) is 16.3 Å². The van der Waals surface area contributed by atoms with E-state index in [0.717, 1.165) is 34.8 Å². The number of fused-ring (bicyclic) bond motifs is 1. The summed E-state index contributed by atoms with van der Waals surface area (Å²) in [5.74, 6) is 0.753. The fourth-order valence-electron chi connectivity index (χ4n) is 2.87. The monoisotopic (exact) mass is 352 g/mol. The first kappa shape index (κ1) is 15.8. The van der Waals surface area contributed by atoms with Gasteiger partial charge in [-0.1, -0.05) is 29.8 Å². The normalized spacial score (nSPS) is 16.8. The van der Waals surface area contributed by atoms with Gasteiger partial charge in [-0.2, -0.15) is 0 Å². The zero-order valence-electron chi connectivity index (χ0n) is 13.5. The Balaban J connectivity index is 1.51. The Kier molecular flexibility index (Phi) is 4.48. The van der Waals surface area contributed by atoms with Crippen molar-refractivity contribution in [2.24, 2.45) is 0 Å². The highest BCUT2D eigenvalue weighted by molar-refractivity contribution is 6.31. The second-order valence-corrected chi connectivity index (χ2v) is 6.32. The molecule has 0 fully saturated rings. The molecule has 0 N–H and O–H groups in total. The van der Waals surface area contributed by atoms with E-state index in [1.54, 1.807) is 6.20 Å². The average Bonchev–Trinajstić information content (AvgIpc) is 3.06. The number of pyridine rings is 1. The lowest BCUT2D eigenvalue weighted by molar-refractivity contribution is 0.304. The molecule has 0 saturated carbocycles. The third-order valence-corrected chi connectivity index (χ3v) is 4.39. The standard InChI is InChI=1S/C19H17ClN4O/c20-16-5-1-4-15(11-16)17-13-22-18-6-7-19(23-24(17)18)25-10-8-14-3-2-9-21-12-14/h1-3,5-7,9,11-13,15H,4,8,10H2. The number of imidazole rings is 1. The second-order valence-electron chi connectivity index (χ2n) is 5.88. The van der Waals surface area contributed by atoms with Crippen LogP contribution in [0.25, 0.3) is 5.65 Å². The lowest BCUT2D eigenvalue weighted by Gasteiger charge is -2.14. The minimum absolute atomic E-state index is 0.172. The molecule has 6 heteroatoms. The molecule has 0 radical (unpaired) electrons. The van der Waals surface area contributed by atoms with Crippen LogP contribution in [0, 0.1) is 0 Å². The maximum atomic E-state index is 6.13. The van der Waals surface area contributed by atoms with Gasteiger partial charge in [0.05, 0.1) is 18.5 Å². The van der Waals surface area contributed by atoms with Crippen LogP contribution in [0.5, 0.6) is 5.88 Å². The van der Waals surface area contributed by atoms with Crippen molar-refractivity contribution in [2.45, 2.75) is 18.8 Å². The van der Waals surface area contributed by atoms with Crippen LogP contribution in [0.15, 0.2) is 66.1 Å². The summed E-state index contributed by atoms with van der Waals surface area (Å²) < 4.78 is 7.65. The molecule has 126 valence electrons. The van der Waals surface area contributed by atoms with Gasteiger partial charge in [0.2, 0.25) is 5.88 Å². The van der Waals surface area contributed by atoms with Gasteiger partial charge in [-0.3, -0.25) is 4.98 Å². The molecule has 3 aromatic heterocycles. The van der Waals surface area contributed by atoms with Crippen molar-refractivity contribution in [3.63, 3.8) is 0 Å². The molecule has 0 amide bonds. The Bertz CT molecular complexity index is 933. The van der Waals surface area contributed by atoms with E-state index < -0.39 is 0 Å². The van der Waals surface area contributed by atoms with Gasteiger partial charge >= 0.3 is 0 Å². The Morgan fingerprint density at radius 3 is 3.04 bits per heavy atom. The maximum Gasteiger partial charge on any atom is 0.231 e. The van der Waals surface area contributed by atoms with Gasteiger partial charge in [-0.15, -0.1) is 5.10 Å². The number of rotatable bonds is 5. The summed E-state index contributed by atoms with van der Waals surface area (Å²) in [6, 6.07) is 7.72. The predicted molar refractivity (Wildman–Crippen MR) is 96.9 cm³/mol. The lowest BCUT2D eigenvalue weighted by Crippen LogP contribution is -2.08. The van der Waals surface area contributed by atoms with E-state index in [1.165, 1.54) is 0 Å². The number of allylic oxidation sites excluding steroid dienone is 4. The molecular weight excluding hydrogens is 336 g/mol. The quantitative estimate of drug-likeness (QED) is 0.698. The van der Waals surface area contributed by atoms with E-state index in [2.05, 4.69) is 21.1 Å². The molecule has 1 unspecified atom stereocenters. The van der Waals surface area contributed by atoms with Crippen molar-refractivity contribution in [1.82, 2.24) is 19.6 Å². The third kappa shape index (κ3) is 3.56.